The minimum absolute atomic E-state index is 0.181. The summed E-state index contributed by atoms with van der Waals surface area (Å²) in [6.07, 6.45) is 0.796. The van der Waals surface area contributed by atoms with Crippen molar-refractivity contribution in [2.75, 3.05) is 0 Å². The van der Waals surface area contributed by atoms with Crippen LogP contribution in [0.2, 0.25) is 0 Å². The minimum atomic E-state index is -0.437. The van der Waals surface area contributed by atoms with Crippen molar-refractivity contribution in [1.29, 1.82) is 0 Å². The molecule has 0 aliphatic heterocycles. The second-order valence-electron chi connectivity index (χ2n) is 6.44. The number of hydrogen-bond acceptors (Lipinski definition) is 3. The van der Waals surface area contributed by atoms with Crippen LogP contribution in [0.15, 0.2) is 35.1 Å². The summed E-state index contributed by atoms with van der Waals surface area (Å²) in [4.78, 5) is 24.6. The molecule has 1 N–H and O–H groups in total. The quantitative estimate of drug-likeness (QED) is 0.881. The first-order valence-corrected chi connectivity index (χ1v) is 7.05. The predicted molar refractivity (Wildman–Crippen MR) is 80.1 cm³/mol. The highest BCUT2D eigenvalue weighted by molar-refractivity contribution is 6.01. The fourth-order valence-electron chi connectivity index (χ4n) is 3.03. The summed E-state index contributed by atoms with van der Waals surface area (Å²) in [5.74, 6) is -0.862. The Morgan fingerprint density at radius 2 is 1.77 bits per heavy atom. The molecule has 3 rings (SSSR count). The second-order valence-corrected chi connectivity index (χ2v) is 6.44. The Morgan fingerprint density at radius 1 is 1.14 bits per heavy atom. The van der Waals surface area contributed by atoms with Gasteiger partial charge in [0.2, 0.25) is 0 Å². The Labute approximate surface area is 126 Å². The van der Waals surface area contributed by atoms with Gasteiger partial charge in [0.25, 0.3) is 5.56 Å². The molecule has 1 aliphatic carbocycles. The summed E-state index contributed by atoms with van der Waals surface area (Å²) >= 11 is 0. The van der Waals surface area contributed by atoms with E-state index in [2.05, 4.69) is 0 Å². The highest BCUT2D eigenvalue weighted by Crippen LogP contribution is 2.38. The number of pyridine rings is 1. The smallest absolute Gasteiger partial charge is 0.259 e. The van der Waals surface area contributed by atoms with E-state index in [1.807, 2.05) is 13.8 Å². The van der Waals surface area contributed by atoms with Gasteiger partial charge >= 0.3 is 0 Å². The third-order valence-electron chi connectivity index (χ3n) is 3.94. The Bertz CT molecular complexity index is 819. The lowest BCUT2D eigenvalue weighted by Crippen LogP contribution is -2.34. The number of ketones is 1. The van der Waals surface area contributed by atoms with E-state index in [4.69, 9.17) is 0 Å². The zero-order chi connectivity index (χ0) is 16.1. The lowest BCUT2D eigenvalue weighted by atomic mass is 9.75. The number of benzene rings is 1. The van der Waals surface area contributed by atoms with Crippen molar-refractivity contribution in [3.8, 4) is 11.4 Å². The lowest BCUT2D eigenvalue weighted by Gasteiger charge is -2.32. The number of aromatic hydroxyl groups is 1. The van der Waals surface area contributed by atoms with Crippen molar-refractivity contribution in [3.63, 3.8) is 0 Å². The van der Waals surface area contributed by atoms with E-state index >= 15 is 0 Å². The molecule has 2 aromatic rings. The molecule has 0 saturated heterocycles. The summed E-state index contributed by atoms with van der Waals surface area (Å²) in [6.45, 7) is 3.88. The summed E-state index contributed by atoms with van der Waals surface area (Å²) < 4.78 is 14.5. The maximum absolute atomic E-state index is 13.1. The maximum Gasteiger partial charge on any atom is 0.259 e. The molecule has 0 unspecified atom stereocenters. The lowest BCUT2D eigenvalue weighted by molar-refractivity contribution is 0.0905. The Hall–Kier alpha value is -2.43. The highest BCUT2D eigenvalue weighted by Gasteiger charge is 2.35. The fraction of sp³-hybridized carbons (Fsp3) is 0.294. The number of Topliss-reactive ketones (excluding diaryl/α,β-unsaturated/α-hetero) is 1. The van der Waals surface area contributed by atoms with Crippen LogP contribution in [0.5, 0.6) is 5.75 Å². The van der Waals surface area contributed by atoms with Gasteiger partial charge in [-0.05, 0) is 36.1 Å². The number of halogens is 1. The first-order valence-electron chi connectivity index (χ1n) is 7.05. The van der Waals surface area contributed by atoms with Crippen LogP contribution in [-0.2, 0) is 6.42 Å². The number of aromatic nitrogens is 1. The van der Waals surface area contributed by atoms with Crippen LogP contribution in [0.3, 0.4) is 0 Å². The molecule has 1 aromatic carbocycles. The van der Waals surface area contributed by atoms with E-state index in [-0.39, 0.29) is 22.5 Å². The molecule has 0 atom stereocenters. The van der Waals surface area contributed by atoms with Crippen molar-refractivity contribution >= 4 is 5.78 Å². The normalized spacial score (nSPS) is 16.4. The molecule has 1 aliphatic rings. The molecule has 0 amide bonds. The van der Waals surface area contributed by atoms with E-state index in [0.717, 1.165) is 6.07 Å². The second kappa shape index (κ2) is 4.80. The predicted octanol–water partition coefficient (Wildman–Crippen LogP) is 2.84. The molecule has 0 bridgehead atoms. The molecule has 1 aromatic heterocycles. The van der Waals surface area contributed by atoms with Gasteiger partial charge in [-0.3, -0.25) is 14.2 Å². The summed E-state index contributed by atoms with van der Waals surface area (Å²) in [5, 5.41) is 10.00. The van der Waals surface area contributed by atoms with E-state index in [1.54, 1.807) is 0 Å². The van der Waals surface area contributed by atoms with Gasteiger partial charge in [-0.2, -0.15) is 0 Å². The molecule has 0 fully saturated rings. The summed E-state index contributed by atoms with van der Waals surface area (Å²) in [6, 6.07) is 6.53. The van der Waals surface area contributed by atoms with E-state index in [1.165, 1.54) is 28.8 Å². The van der Waals surface area contributed by atoms with Crippen molar-refractivity contribution in [3.05, 3.63) is 57.8 Å². The van der Waals surface area contributed by atoms with Crippen molar-refractivity contribution in [2.45, 2.75) is 26.7 Å². The SMILES string of the molecule is CC1(C)CC(=O)c2c(O)cc(=O)n(-c3ccc(F)cc3)c2C1. The molecule has 1 heterocycles. The van der Waals surface area contributed by atoms with Gasteiger partial charge in [0.15, 0.2) is 5.78 Å². The minimum Gasteiger partial charge on any atom is -0.507 e. The van der Waals surface area contributed by atoms with Crippen LogP contribution in [-0.4, -0.2) is 15.5 Å². The monoisotopic (exact) mass is 301 g/mol. The van der Waals surface area contributed by atoms with E-state index in [0.29, 0.717) is 24.2 Å². The third-order valence-corrected chi connectivity index (χ3v) is 3.94. The summed E-state index contributed by atoms with van der Waals surface area (Å²) in [7, 11) is 0. The summed E-state index contributed by atoms with van der Waals surface area (Å²) in [5.41, 5.74) is 0.425. The van der Waals surface area contributed by atoms with Crippen molar-refractivity contribution < 1.29 is 14.3 Å². The zero-order valence-corrected chi connectivity index (χ0v) is 12.4. The standard InChI is InChI=1S/C17H16FNO3/c1-17(2)8-12-16(14(21)9-17)13(20)7-15(22)19(12)11-5-3-10(18)4-6-11/h3-7,20H,8-9H2,1-2H3. The van der Waals surface area contributed by atoms with Crippen LogP contribution in [0.25, 0.3) is 5.69 Å². The van der Waals surface area contributed by atoms with E-state index in [9.17, 15) is 19.1 Å². The maximum atomic E-state index is 13.1. The highest BCUT2D eigenvalue weighted by atomic mass is 19.1. The largest absolute Gasteiger partial charge is 0.507 e. The van der Waals surface area contributed by atoms with Crippen molar-refractivity contribution in [1.82, 2.24) is 4.57 Å². The molecular formula is C17H16FNO3. The zero-order valence-electron chi connectivity index (χ0n) is 12.4. The van der Waals surface area contributed by atoms with Gasteiger partial charge in [-0.1, -0.05) is 13.8 Å². The number of carbonyl (C=O) groups excluding carboxylic acids is 1. The van der Waals surface area contributed by atoms with Crippen LogP contribution < -0.4 is 5.56 Å². The van der Waals surface area contributed by atoms with Crippen molar-refractivity contribution in [2.24, 2.45) is 5.41 Å². The van der Waals surface area contributed by atoms with Crippen LogP contribution in [0.1, 0.15) is 36.3 Å². The van der Waals surface area contributed by atoms with Gasteiger partial charge in [-0.15, -0.1) is 0 Å². The first-order chi connectivity index (χ1) is 10.3. The third kappa shape index (κ3) is 2.32. The Morgan fingerprint density at radius 3 is 2.41 bits per heavy atom. The molecule has 114 valence electrons. The van der Waals surface area contributed by atoms with Crippen LogP contribution in [0, 0.1) is 11.2 Å². The molecule has 4 nitrogen and oxygen atoms in total. The number of hydrogen-bond donors (Lipinski definition) is 1. The molecular weight excluding hydrogens is 285 g/mol. The van der Waals surface area contributed by atoms with Gasteiger partial charge in [0, 0.05) is 23.9 Å². The van der Waals surface area contributed by atoms with Crippen LogP contribution >= 0.6 is 0 Å². The van der Waals surface area contributed by atoms with Crippen LogP contribution in [0.4, 0.5) is 4.39 Å². The van der Waals surface area contributed by atoms with Gasteiger partial charge in [0.1, 0.15) is 11.6 Å². The topological polar surface area (TPSA) is 59.3 Å². The molecule has 22 heavy (non-hydrogen) atoms. The average molecular weight is 301 g/mol. The molecule has 0 saturated carbocycles. The van der Waals surface area contributed by atoms with E-state index < -0.39 is 11.4 Å². The average Bonchev–Trinajstić information content (AvgIpc) is 2.38. The first kappa shape index (κ1) is 14.5. The molecule has 0 spiro atoms. The Balaban J connectivity index is 2.32. The number of carbonyl (C=O) groups is 1. The number of nitrogens with zero attached hydrogens (tertiary/aromatic N) is 1. The van der Waals surface area contributed by atoms with Gasteiger partial charge in [-0.25, -0.2) is 4.39 Å². The number of rotatable bonds is 1. The Kier molecular flexibility index (Phi) is 3.16. The molecule has 0 radical (unpaired) electrons. The van der Waals surface area contributed by atoms with Gasteiger partial charge < -0.3 is 5.11 Å². The van der Waals surface area contributed by atoms with Gasteiger partial charge in [0.05, 0.1) is 5.56 Å². The molecule has 5 heteroatoms. The number of fused-ring (bicyclic) bond motifs is 1. The fourth-order valence-corrected chi connectivity index (χ4v) is 3.03.